The molecule has 0 fully saturated rings. The molecule has 3 N–H and O–H groups in total. The van der Waals surface area contributed by atoms with Crippen LogP contribution in [0.5, 0.6) is 0 Å². The number of carbonyl (C=O) groups is 2. The molecule has 114 valence electrons. The smallest absolute Gasteiger partial charge is 0.319 e. The number of aromatic nitrogens is 1. The van der Waals surface area contributed by atoms with Gasteiger partial charge in [-0.3, -0.25) is 9.78 Å². The zero-order valence-electron chi connectivity index (χ0n) is 12.1. The third-order valence-corrected chi connectivity index (χ3v) is 2.91. The molecule has 0 unspecified atom stereocenters. The average Bonchev–Trinajstić information content (AvgIpc) is 2.55. The van der Waals surface area contributed by atoms with Gasteiger partial charge in [0.1, 0.15) is 0 Å². The number of carbonyl (C=O) groups excluding carboxylic acids is 2. The van der Waals surface area contributed by atoms with Gasteiger partial charge in [-0.05, 0) is 17.7 Å². The molecule has 0 bridgehead atoms. The Kier molecular flexibility index (Phi) is 5.92. The molecule has 0 radical (unpaired) electrons. The lowest BCUT2D eigenvalue weighted by molar-refractivity contribution is -0.121. The molecule has 0 aliphatic rings. The molecule has 22 heavy (non-hydrogen) atoms. The van der Waals surface area contributed by atoms with Crippen molar-refractivity contribution < 1.29 is 9.59 Å². The monoisotopic (exact) mass is 298 g/mol. The van der Waals surface area contributed by atoms with E-state index < -0.39 is 0 Å². The first-order valence-corrected chi connectivity index (χ1v) is 6.99. The number of benzene rings is 1. The van der Waals surface area contributed by atoms with Gasteiger partial charge in [0.15, 0.2) is 0 Å². The number of hydrogen-bond acceptors (Lipinski definition) is 3. The molecule has 0 spiro atoms. The third kappa shape index (κ3) is 5.62. The highest BCUT2D eigenvalue weighted by molar-refractivity contribution is 5.89. The molecule has 2 rings (SSSR count). The highest BCUT2D eigenvalue weighted by Crippen LogP contribution is 2.02. The van der Waals surface area contributed by atoms with E-state index in [4.69, 9.17) is 0 Å². The predicted octanol–water partition coefficient (Wildman–Crippen LogP) is 1.91. The van der Waals surface area contributed by atoms with E-state index in [9.17, 15) is 9.59 Å². The Hall–Kier alpha value is -2.89. The van der Waals surface area contributed by atoms with Crippen LogP contribution in [-0.2, 0) is 11.3 Å². The van der Waals surface area contributed by atoms with Gasteiger partial charge in [0, 0.05) is 37.6 Å². The summed E-state index contributed by atoms with van der Waals surface area (Å²) in [6, 6.07) is 12.7. The van der Waals surface area contributed by atoms with E-state index in [1.165, 1.54) is 0 Å². The van der Waals surface area contributed by atoms with Crippen molar-refractivity contribution in [2.45, 2.75) is 13.0 Å². The normalized spacial score (nSPS) is 9.82. The molecule has 6 heteroatoms. The Balaban J connectivity index is 1.61. The number of hydrogen-bond donors (Lipinski definition) is 3. The van der Waals surface area contributed by atoms with E-state index in [1.807, 2.05) is 30.3 Å². The fraction of sp³-hybridized carbons (Fsp3) is 0.188. The number of urea groups is 1. The molecule has 0 saturated carbocycles. The van der Waals surface area contributed by atoms with Gasteiger partial charge in [-0.1, -0.05) is 30.3 Å². The number of nitrogens with zero attached hydrogens (tertiary/aromatic N) is 1. The second-order valence-electron chi connectivity index (χ2n) is 4.63. The largest absolute Gasteiger partial charge is 0.352 e. The van der Waals surface area contributed by atoms with Gasteiger partial charge in [-0.2, -0.15) is 0 Å². The zero-order chi connectivity index (χ0) is 15.6. The summed E-state index contributed by atoms with van der Waals surface area (Å²) in [5.74, 6) is -0.104. The summed E-state index contributed by atoms with van der Waals surface area (Å²) in [4.78, 5) is 27.1. The zero-order valence-corrected chi connectivity index (χ0v) is 12.1. The maximum atomic E-state index is 11.7. The highest BCUT2D eigenvalue weighted by atomic mass is 16.2. The minimum atomic E-state index is -0.345. The van der Waals surface area contributed by atoms with Crippen LogP contribution in [0.15, 0.2) is 54.9 Å². The Morgan fingerprint density at radius 2 is 1.68 bits per heavy atom. The van der Waals surface area contributed by atoms with Crippen molar-refractivity contribution in [2.24, 2.45) is 0 Å². The standard InChI is InChI=1S/C16H18N4O2/c21-15(19-12-13-4-2-1-3-5-13)8-11-18-16(22)20-14-6-9-17-10-7-14/h1-7,9-10H,8,11-12H2,(H,19,21)(H2,17,18,20,22). The summed E-state index contributed by atoms with van der Waals surface area (Å²) >= 11 is 0. The molecular weight excluding hydrogens is 280 g/mol. The molecule has 0 saturated heterocycles. The van der Waals surface area contributed by atoms with E-state index in [0.29, 0.717) is 12.2 Å². The molecule has 1 aromatic carbocycles. The summed E-state index contributed by atoms with van der Waals surface area (Å²) in [5, 5.41) is 8.08. The van der Waals surface area contributed by atoms with E-state index >= 15 is 0 Å². The number of amides is 3. The van der Waals surface area contributed by atoms with Crippen LogP contribution in [0.4, 0.5) is 10.5 Å². The summed E-state index contributed by atoms with van der Waals surface area (Å²) in [6.45, 7) is 0.764. The number of anilines is 1. The molecule has 6 nitrogen and oxygen atoms in total. The topological polar surface area (TPSA) is 83.1 Å². The minimum Gasteiger partial charge on any atom is -0.352 e. The summed E-state index contributed by atoms with van der Waals surface area (Å²) in [6.07, 6.45) is 3.41. The fourth-order valence-electron chi connectivity index (χ4n) is 1.78. The van der Waals surface area contributed by atoms with Crippen LogP contribution in [0, 0.1) is 0 Å². The lowest BCUT2D eigenvalue weighted by Crippen LogP contribution is -2.33. The summed E-state index contributed by atoms with van der Waals surface area (Å²) in [7, 11) is 0. The molecule has 2 aromatic rings. The number of rotatable bonds is 6. The Labute approximate surface area is 129 Å². The van der Waals surface area contributed by atoms with Gasteiger partial charge in [-0.25, -0.2) is 4.79 Å². The third-order valence-electron chi connectivity index (χ3n) is 2.91. The number of pyridine rings is 1. The van der Waals surface area contributed by atoms with Gasteiger partial charge in [-0.15, -0.1) is 0 Å². The van der Waals surface area contributed by atoms with Crippen molar-refractivity contribution >= 4 is 17.6 Å². The van der Waals surface area contributed by atoms with Crippen LogP contribution < -0.4 is 16.0 Å². The molecule has 0 aliphatic heterocycles. The van der Waals surface area contributed by atoms with Crippen LogP contribution >= 0.6 is 0 Å². The van der Waals surface area contributed by atoms with E-state index in [0.717, 1.165) is 5.56 Å². The Morgan fingerprint density at radius 3 is 2.41 bits per heavy atom. The SMILES string of the molecule is O=C(CCNC(=O)Nc1ccncc1)NCc1ccccc1. The quantitative estimate of drug-likeness (QED) is 0.761. The van der Waals surface area contributed by atoms with Crippen LogP contribution in [0.25, 0.3) is 0 Å². The second kappa shape index (κ2) is 8.41. The lowest BCUT2D eigenvalue weighted by Gasteiger charge is -2.08. The molecule has 0 atom stereocenters. The first-order chi connectivity index (χ1) is 10.7. The van der Waals surface area contributed by atoms with E-state index in [1.54, 1.807) is 24.5 Å². The maximum absolute atomic E-state index is 11.7. The maximum Gasteiger partial charge on any atom is 0.319 e. The van der Waals surface area contributed by atoms with Crippen LogP contribution in [0.3, 0.4) is 0 Å². The van der Waals surface area contributed by atoms with Gasteiger partial charge < -0.3 is 16.0 Å². The molecule has 0 aliphatic carbocycles. The summed E-state index contributed by atoms with van der Waals surface area (Å²) in [5.41, 5.74) is 1.69. The van der Waals surface area contributed by atoms with Crippen molar-refractivity contribution in [3.8, 4) is 0 Å². The molecule has 1 aromatic heterocycles. The van der Waals surface area contributed by atoms with E-state index in [-0.39, 0.29) is 24.9 Å². The van der Waals surface area contributed by atoms with Gasteiger partial charge in [0.2, 0.25) is 5.91 Å². The fourth-order valence-corrected chi connectivity index (χ4v) is 1.78. The lowest BCUT2D eigenvalue weighted by atomic mass is 10.2. The summed E-state index contributed by atoms with van der Waals surface area (Å²) < 4.78 is 0. The Bertz CT molecular complexity index is 602. The van der Waals surface area contributed by atoms with Crippen molar-refractivity contribution in [3.05, 3.63) is 60.4 Å². The first kappa shape index (κ1) is 15.5. The molecule has 3 amide bonds. The molecule has 1 heterocycles. The van der Waals surface area contributed by atoms with Crippen molar-refractivity contribution in [1.29, 1.82) is 0 Å². The van der Waals surface area contributed by atoms with Crippen LogP contribution in [-0.4, -0.2) is 23.5 Å². The minimum absolute atomic E-state index is 0.104. The molecular formula is C16H18N4O2. The average molecular weight is 298 g/mol. The van der Waals surface area contributed by atoms with Crippen LogP contribution in [0.2, 0.25) is 0 Å². The second-order valence-corrected chi connectivity index (χ2v) is 4.63. The Morgan fingerprint density at radius 1 is 0.955 bits per heavy atom. The first-order valence-electron chi connectivity index (χ1n) is 6.99. The van der Waals surface area contributed by atoms with Crippen molar-refractivity contribution in [1.82, 2.24) is 15.6 Å². The number of nitrogens with one attached hydrogen (secondary N) is 3. The predicted molar refractivity (Wildman–Crippen MR) is 84.2 cm³/mol. The van der Waals surface area contributed by atoms with Crippen LogP contribution in [0.1, 0.15) is 12.0 Å². The van der Waals surface area contributed by atoms with Gasteiger partial charge >= 0.3 is 6.03 Å². The van der Waals surface area contributed by atoms with E-state index in [2.05, 4.69) is 20.9 Å². The van der Waals surface area contributed by atoms with Gasteiger partial charge in [0.25, 0.3) is 0 Å². The van der Waals surface area contributed by atoms with Gasteiger partial charge in [0.05, 0.1) is 0 Å². The van der Waals surface area contributed by atoms with Crippen molar-refractivity contribution in [3.63, 3.8) is 0 Å². The van der Waals surface area contributed by atoms with Crippen molar-refractivity contribution in [2.75, 3.05) is 11.9 Å². The highest BCUT2D eigenvalue weighted by Gasteiger charge is 2.04.